The highest BCUT2D eigenvalue weighted by Gasteiger charge is 2.35. The summed E-state index contributed by atoms with van der Waals surface area (Å²) >= 11 is 0. The number of para-hydroxylation sites is 1. The van der Waals surface area contributed by atoms with Gasteiger partial charge in [0.15, 0.2) is 0 Å². The summed E-state index contributed by atoms with van der Waals surface area (Å²) in [6.07, 6.45) is -1.46. The topological polar surface area (TPSA) is 103 Å². The highest BCUT2D eigenvalue weighted by Crippen LogP contribution is 2.32. The Morgan fingerprint density at radius 1 is 1.07 bits per heavy atom. The van der Waals surface area contributed by atoms with Crippen LogP contribution in [0.25, 0.3) is 0 Å². The maximum Gasteiger partial charge on any atom is 0.416 e. The first-order chi connectivity index (χ1) is 20.4. The largest absolute Gasteiger partial charge is 0.493 e. The van der Waals surface area contributed by atoms with Gasteiger partial charge in [0, 0.05) is 37.1 Å². The van der Waals surface area contributed by atoms with Gasteiger partial charge in [0.25, 0.3) is 5.91 Å². The third-order valence-electron chi connectivity index (χ3n) is 8.28. The van der Waals surface area contributed by atoms with E-state index in [-0.39, 0.29) is 23.2 Å². The second-order valence-corrected chi connectivity index (χ2v) is 11.5. The Labute approximate surface area is 250 Å². The lowest BCUT2D eigenvalue weighted by Crippen LogP contribution is -2.52. The molecule has 0 aromatic heterocycles. The summed E-state index contributed by atoms with van der Waals surface area (Å²) in [6.45, 7) is 5.29. The number of anilines is 1. The summed E-state index contributed by atoms with van der Waals surface area (Å²) < 4.78 is 46.3. The van der Waals surface area contributed by atoms with E-state index in [2.05, 4.69) is 41.7 Å². The van der Waals surface area contributed by atoms with Gasteiger partial charge in [-0.3, -0.25) is 9.59 Å². The minimum Gasteiger partial charge on any atom is -0.493 e. The van der Waals surface area contributed by atoms with Crippen LogP contribution < -0.4 is 20.7 Å². The first kappa shape index (κ1) is 32.1. The predicted octanol–water partition coefficient (Wildman–Crippen LogP) is 4.75. The van der Waals surface area contributed by atoms with E-state index in [1.807, 2.05) is 30.3 Å². The van der Waals surface area contributed by atoms with Crippen molar-refractivity contribution in [3.63, 3.8) is 0 Å². The number of hydrogen-bond donors (Lipinski definition) is 3. The van der Waals surface area contributed by atoms with E-state index in [9.17, 15) is 27.6 Å². The third-order valence-corrected chi connectivity index (χ3v) is 8.28. The van der Waals surface area contributed by atoms with Crippen LogP contribution >= 0.6 is 0 Å². The number of nitrogens with zero attached hydrogens (tertiary/aromatic N) is 2. The minimum absolute atomic E-state index is 0.00611. The molecule has 2 fully saturated rings. The van der Waals surface area contributed by atoms with Crippen LogP contribution in [0.15, 0.2) is 48.5 Å². The number of hydrogen-bond acceptors (Lipinski definition) is 5. The molecule has 0 spiro atoms. The lowest BCUT2D eigenvalue weighted by Gasteiger charge is -2.41. The second-order valence-electron chi connectivity index (χ2n) is 11.5. The molecule has 1 saturated carbocycles. The monoisotopic (exact) mass is 603 g/mol. The Bertz CT molecular complexity index is 1270. The van der Waals surface area contributed by atoms with Crippen molar-refractivity contribution in [3.05, 3.63) is 59.7 Å². The number of halogens is 3. The smallest absolute Gasteiger partial charge is 0.416 e. The van der Waals surface area contributed by atoms with Crippen LogP contribution in [0.4, 0.5) is 23.7 Å². The quantitative estimate of drug-likeness (QED) is 0.364. The van der Waals surface area contributed by atoms with Crippen LogP contribution in [0.5, 0.6) is 5.75 Å². The van der Waals surface area contributed by atoms with Crippen LogP contribution in [0.2, 0.25) is 0 Å². The van der Waals surface area contributed by atoms with Crippen LogP contribution in [0, 0.1) is 5.92 Å². The molecule has 1 aliphatic heterocycles. The highest BCUT2D eigenvalue weighted by molar-refractivity contribution is 6.04. The molecule has 1 heterocycles. The third kappa shape index (κ3) is 8.62. The van der Waals surface area contributed by atoms with Gasteiger partial charge in [-0.1, -0.05) is 18.2 Å². The van der Waals surface area contributed by atoms with Crippen molar-refractivity contribution in [2.45, 2.75) is 63.8 Å². The molecule has 1 saturated heterocycles. The average Bonchev–Trinajstić information content (AvgIpc) is 2.94. The normalized spacial score (nSPS) is 20.4. The molecular formula is C31H40F3N5O4. The Balaban J connectivity index is 1.40. The molecule has 0 unspecified atom stereocenters. The molecule has 2 aliphatic rings. The second kappa shape index (κ2) is 14.1. The summed E-state index contributed by atoms with van der Waals surface area (Å²) in [5.74, 6) is -0.618. The Morgan fingerprint density at radius 3 is 2.42 bits per heavy atom. The van der Waals surface area contributed by atoms with Crippen LogP contribution in [-0.2, 0) is 11.0 Å². The van der Waals surface area contributed by atoms with Crippen LogP contribution in [0.1, 0.15) is 55.5 Å². The molecule has 3 atom stereocenters. The number of alkyl halides is 3. The number of nitrogens with one attached hydrogen (secondary N) is 3. The number of amides is 4. The van der Waals surface area contributed by atoms with Crippen molar-refractivity contribution >= 4 is 23.5 Å². The first-order valence-electron chi connectivity index (χ1n) is 14.7. The summed E-state index contributed by atoms with van der Waals surface area (Å²) in [6, 6.07) is 11.9. The van der Waals surface area contributed by atoms with Crippen LogP contribution in [0.3, 0.4) is 0 Å². The van der Waals surface area contributed by atoms with Crippen molar-refractivity contribution < 1.29 is 32.3 Å². The summed E-state index contributed by atoms with van der Waals surface area (Å²) in [4.78, 5) is 42.2. The number of rotatable bonds is 10. The zero-order valence-electron chi connectivity index (χ0n) is 24.7. The minimum atomic E-state index is -4.69. The average molecular weight is 604 g/mol. The van der Waals surface area contributed by atoms with Gasteiger partial charge in [-0.15, -0.1) is 0 Å². The number of benzene rings is 2. The van der Waals surface area contributed by atoms with E-state index in [0.29, 0.717) is 44.3 Å². The Hall–Kier alpha value is -3.80. The molecule has 1 aliphatic carbocycles. The molecule has 4 rings (SSSR count). The maximum absolute atomic E-state index is 13.4. The maximum atomic E-state index is 13.4. The van der Waals surface area contributed by atoms with E-state index >= 15 is 0 Å². The molecule has 43 heavy (non-hydrogen) atoms. The molecule has 9 nitrogen and oxygen atoms in total. The van der Waals surface area contributed by atoms with Crippen LogP contribution in [-0.4, -0.2) is 79.1 Å². The number of carbonyl (C=O) groups is 3. The molecule has 4 amide bonds. The van der Waals surface area contributed by atoms with Gasteiger partial charge in [-0.2, -0.15) is 13.2 Å². The lowest BCUT2D eigenvalue weighted by atomic mass is 9.81. The number of ether oxygens (including phenoxy) is 1. The molecule has 12 heteroatoms. The molecule has 3 N–H and O–H groups in total. The highest BCUT2D eigenvalue weighted by atomic mass is 19.4. The van der Waals surface area contributed by atoms with Crippen molar-refractivity contribution in [2.75, 3.05) is 38.6 Å². The summed E-state index contributed by atoms with van der Waals surface area (Å²) in [5.41, 5.74) is -1.47. The standard InChI is InChI=1S/C31H40F3N5O4/c1-20(2)38(3)23-11-13-26(21(16-23)19-43-24-8-5-4-6-9-24)36-28(40)18-35-29(41)25-17-22(31(32,33)34)10-12-27(25)37-30(42)39-14-7-15-39/h4-6,8-10,12,17,20-21,23,26H,7,11,13-16,18-19H2,1-3H3,(H,35,41)(H,36,40)(H,37,42)/t21-,23-,26+/m1/s1. The zero-order chi connectivity index (χ0) is 31.1. The summed E-state index contributed by atoms with van der Waals surface area (Å²) in [5, 5.41) is 7.95. The molecule has 234 valence electrons. The van der Waals surface area contributed by atoms with E-state index in [1.54, 1.807) is 0 Å². The summed E-state index contributed by atoms with van der Waals surface area (Å²) in [7, 11) is 2.09. The fraction of sp³-hybridized carbons (Fsp3) is 0.516. The van der Waals surface area contributed by atoms with Gasteiger partial charge < -0.3 is 30.5 Å². The number of urea groups is 1. The number of likely N-dealkylation sites (tertiary alicyclic amines) is 1. The number of carbonyl (C=O) groups excluding carboxylic acids is 3. The van der Waals surface area contributed by atoms with Gasteiger partial charge >= 0.3 is 12.2 Å². The van der Waals surface area contributed by atoms with Gasteiger partial charge in [-0.25, -0.2) is 4.79 Å². The molecule has 0 bridgehead atoms. The first-order valence-corrected chi connectivity index (χ1v) is 14.7. The van der Waals surface area contributed by atoms with E-state index < -0.39 is 36.1 Å². The van der Waals surface area contributed by atoms with E-state index in [1.165, 1.54) is 4.90 Å². The van der Waals surface area contributed by atoms with Crippen molar-refractivity contribution in [1.82, 2.24) is 20.4 Å². The fourth-order valence-corrected chi connectivity index (χ4v) is 5.37. The van der Waals surface area contributed by atoms with E-state index in [0.717, 1.165) is 37.1 Å². The Kier molecular flexibility index (Phi) is 10.5. The van der Waals surface area contributed by atoms with Crippen molar-refractivity contribution in [1.29, 1.82) is 0 Å². The predicted molar refractivity (Wildman–Crippen MR) is 157 cm³/mol. The lowest BCUT2D eigenvalue weighted by molar-refractivity contribution is -0.137. The zero-order valence-corrected chi connectivity index (χ0v) is 24.7. The van der Waals surface area contributed by atoms with Crippen molar-refractivity contribution in [2.24, 2.45) is 5.92 Å². The molecule has 2 aromatic rings. The van der Waals surface area contributed by atoms with E-state index in [4.69, 9.17) is 4.74 Å². The van der Waals surface area contributed by atoms with Gasteiger partial charge in [0.1, 0.15) is 5.75 Å². The van der Waals surface area contributed by atoms with Crippen molar-refractivity contribution in [3.8, 4) is 5.75 Å². The molecular weight excluding hydrogens is 563 g/mol. The van der Waals surface area contributed by atoms with Gasteiger partial charge in [0.05, 0.1) is 30.0 Å². The fourth-order valence-electron chi connectivity index (χ4n) is 5.37. The SMILES string of the molecule is CC(C)N(C)[C@@H]1CC[C@H](NC(=O)CNC(=O)c2cc(C(F)(F)F)ccc2NC(=O)N2CCC2)[C@@H](COc2ccccc2)C1. The molecule has 0 radical (unpaired) electrons. The molecule has 2 aromatic carbocycles. The van der Waals surface area contributed by atoms with Gasteiger partial charge in [0.2, 0.25) is 5.91 Å². The van der Waals surface area contributed by atoms with Gasteiger partial charge in [-0.05, 0) is 76.9 Å². The Morgan fingerprint density at radius 2 is 1.79 bits per heavy atom.